The SMILES string of the molecule is CCCCCCCCCCCCCCCC(=O)NCCC(C)(C)OCN(C)C(=O)OC(C)(C)C. The summed E-state index contributed by atoms with van der Waals surface area (Å²) < 4.78 is 11.2. The van der Waals surface area contributed by atoms with Gasteiger partial charge in [0, 0.05) is 20.0 Å². The van der Waals surface area contributed by atoms with Crippen molar-refractivity contribution in [1.29, 1.82) is 0 Å². The molecular formula is C28H56N2O4. The number of hydrogen-bond donors (Lipinski definition) is 1. The highest BCUT2D eigenvalue weighted by molar-refractivity contribution is 5.75. The average molecular weight is 485 g/mol. The van der Waals surface area contributed by atoms with Gasteiger partial charge in [-0.2, -0.15) is 0 Å². The van der Waals surface area contributed by atoms with Gasteiger partial charge in [-0.3, -0.25) is 9.69 Å². The smallest absolute Gasteiger partial charge is 0.411 e. The number of rotatable bonds is 20. The summed E-state index contributed by atoms with van der Waals surface area (Å²) in [4.78, 5) is 25.5. The van der Waals surface area contributed by atoms with E-state index in [2.05, 4.69) is 12.2 Å². The van der Waals surface area contributed by atoms with Crippen LogP contribution in [0.15, 0.2) is 0 Å². The number of carbonyl (C=O) groups excluding carboxylic acids is 2. The molecule has 0 rings (SSSR count). The number of unbranched alkanes of at least 4 members (excludes halogenated alkanes) is 12. The first-order valence-corrected chi connectivity index (χ1v) is 13.8. The van der Waals surface area contributed by atoms with E-state index >= 15 is 0 Å². The zero-order valence-corrected chi connectivity index (χ0v) is 23.6. The van der Waals surface area contributed by atoms with Crippen molar-refractivity contribution >= 4 is 12.0 Å². The van der Waals surface area contributed by atoms with Gasteiger partial charge in [0.15, 0.2) is 0 Å². The summed E-state index contributed by atoms with van der Waals surface area (Å²) in [6, 6.07) is 0. The van der Waals surface area contributed by atoms with E-state index in [0.29, 0.717) is 19.4 Å². The molecule has 0 radical (unpaired) electrons. The molecular weight excluding hydrogens is 428 g/mol. The van der Waals surface area contributed by atoms with Gasteiger partial charge < -0.3 is 14.8 Å². The fourth-order valence-electron chi connectivity index (χ4n) is 3.63. The largest absolute Gasteiger partial charge is 0.444 e. The van der Waals surface area contributed by atoms with Crippen LogP contribution in [0.5, 0.6) is 0 Å². The molecule has 0 aromatic heterocycles. The zero-order valence-electron chi connectivity index (χ0n) is 23.6. The Morgan fingerprint density at radius 2 is 1.24 bits per heavy atom. The summed E-state index contributed by atoms with van der Waals surface area (Å²) in [6.07, 6.45) is 17.9. The number of carbonyl (C=O) groups is 2. The molecule has 0 atom stereocenters. The standard InChI is InChI=1S/C28H56N2O4/c1-8-9-10-11-12-13-14-15-16-17-18-19-20-21-25(31)29-23-22-28(5,6)33-24-30(7)26(32)34-27(2,3)4/h8-24H2,1-7H3,(H,29,31). The minimum Gasteiger partial charge on any atom is -0.444 e. The van der Waals surface area contributed by atoms with E-state index in [1.54, 1.807) is 7.05 Å². The molecule has 0 aliphatic heterocycles. The van der Waals surface area contributed by atoms with Crippen LogP contribution < -0.4 is 5.32 Å². The van der Waals surface area contributed by atoms with Gasteiger partial charge >= 0.3 is 6.09 Å². The third kappa shape index (κ3) is 21.2. The summed E-state index contributed by atoms with van der Waals surface area (Å²) in [7, 11) is 1.65. The number of nitrogens with one attached hydrogen (secondary N) is 1. The Labute approximate surface area is 210 Å². The second-order valence-electron chi connectivity index (χ2n) is 11.3. The quantitative estimate of drug-likeness (QED) is 0.143. The Bertz CT molecular complexity index is 529. The van der Waals surface area contributed by atoms with Crippen LogP contribution in [0, 0.1) is 0 Å². The summed E-state index contributed by atoms with van der Waals surface area (Å²) in [6.45, 7) is 12.4. The van der Waals surface area contributed by atoms with E-state index in [1.165, 1.54) is 75.5 Å². The summed E-state index contributed by atoms with van der Waals surface area (Å²) in [5.41, 5.74) is -0.975. The number of amides is 2. The highest BCUT2D eigenvalue weighted by Gasteiger charge is 2.23. The Kier molecular flexibility index (Phi) is 18.2. The van der Waals surface area contributed by atoms with E-state index < -0.39 is 17.3 Å². The van der Waals surface area contributed by atoms with Gasteiger partial charge in [0.2, 0.25) is 5.91 Å². The van der Waals surface area contributed by atoms with Crippen LogP contribution in [0.2, 0.25) is 0 Å². The first-order chi connectivity index (χ1) is 16.0. The fraction of sp³-hybridized carbons (Fsp3) is 0.929. The van der Waals surface area contributed by atoms with Crippen molar-refractivity contribution in [2.45, 2.75) is 149 Å². The van der Waals surface area contributed by atoms with Crippen molar-refractivity contribution in [3.05, 3.63) is 0 Å². The number of ether oxygens (including phenoxy) is 2. The van der Waals surface area contributed by atoms with Crippen LogP contribution in [0.25, 0.3) is 0 Å². The van der Waals surface area contributed by atoms with E-state index in [1.807, 2.05) is 34.6 Å². The summed E-state index contributed by atoms with van der Waals surface area (Å²) >= 11 is 0. The molecule has 6 heteroatoms. The lowest BCUT2D eigenvalue weighted by Crippen LogP contribution is -2.39. The molecule has 0 bridgehead atoms. The van der Waals surface area contributed by atoms with Crippen LogP contribution >= 0.6 is 0 Å². The van der Waals surface area contributed by atoms with Crippen LogP contribution in [0.3, 0.4) is 0 Å². The molecule has 0 spiro atoms. The van der Waals surface area contributed by atoms with E-state index in [0.717, 1.165) is 12.8 Å². The van der Waals surface area contributed by atoms with E-state index in [-0.39, 0.29) is 12.6 Å². The van der Waals surface area contributed by atoms with Gasteiger partial charge in [0.1, 0.15) is 12.3 Å². The maximum absolute atomic E-state index is 12.1. The molecule has 0 aliphatic carbocycles. The second kappa shape index (κ2) is 19.0. The fourth-order valence-corrected chi connectivity index (χ4v) is 3.63. The first kappa shape index (κ1) is 32.7. The molecule has 2 amide bonds. The molecule has 0 saturated heterocycles. The van der Waals surface area contributed by atoms with Crippen molar-refractivity contribution < 1.29 is 19.1 Å². The van der Waals surface area contributed by atoms with Crippen LogP contribution in [0.4, 0.5) is 4.79 Å². The Morgan fingerprint density at radius 3 is 1.71 bits per heavy atom. The van der Waals surface area contributed by atoms with Gasteiger partial charge in [-0.25, -0.2) is 4.79 Å². The molecule has 0 unspecified atom stereocenters. The normalized spacial score (nSPS) is 12.0. The zero-order chi connectivity index (χ0) is 25.9. The monoisotopic (exact) mass is 484 g/mol. The van der Waals surface area contributed by atoms with Crippen LogP contribution in [-0.4, -0.2) is 48.4 Å². The molecule has 0 heterocycles. The molecule has 6 nitrogen and oxygen atoms in total. The van der Waals surface area contributed by atoms with Gasteiger partial charge in [0.25, 0.3) is 0 Å². The van der Waals surface area contributed by atoms with Crippen molar-refractivity contribution in [2.75, 3.05) is 20.3 Å². The van der Waals surface area contributed by atoms with Crippen molar-refractivity contribution in [1.82, 2.24) is 10.2 Å². The third-order valence-corrected chi connectivity index (χ3v) is 5.91. The average Bonchev–Trinajstić information content (AvgIpc) is 2.74. The van der Waals surface area contributed by atoms with Crippen molar-refractivity contribution in [2.24, 2.45) is 0 Å². The Balaban J connectivity index is 3.67. The lowest BCUT2D eigenvalue weighted by Gasteiger charge is -2.30. The Morgan fingerprint density at radius 1 is 0.765 bits per heavy atom. The number of nitrogens with zero attached hydrogens (tertiary/aromatic N) is 1. The molecule has 1 N–H and O–H groups in total. The predicted molar refractivity (Wildman–Crippen MR) is 142 cm³/mol. The molecule has 34 heavy (non-hydrogen) atoms. The Hall–Kier alpha value is -1.30. The summed E-state index contributed by atoms with van der Waals surface area (Å²) in [5.74, 6) is 0.116. The lowest BCUT2D eigenvalue weighted by atomic mass is 10.0. The van der Waals surface area contributed by atoms with Crippen molar-refractivity contribution in [3.63, 3.8) is 0 Å². The summed E-state index contributed by atoms with van der Waals surface area (Å²) in [5, 5.41) is 3.00. The van der Waals surface area contributed by atoms with Gasteiger partial charge in [-0.15, -0.1) is 0 Å². The third-order valence-electron chi connectivity index (χ3n) is 5.91. The van der Waals surface area contributed by atoms with Gasteiger partial charge in [0.05, 0.1) is 5.60 Å². The molecule has 0 aromatic carbocycles. The highest BCUT2D eigenvalue weighted by Crippen LogP contribution is 2.16. The molecule has 0 fully saturated rings. The molecule has 0 aromatic rings. The van der Waals surface area contributed by atoms with E-state index in [4.69, 9.17) is 9.47 Å². The number of hydrogen-bond acceptors (Lipinski definition) is 4. The highest BCUT2D eigenvalue weighted by atomic mass is 16.6. The maximum Gasteiger partial charge on any atom is 0.411 e. The van der Waals surface area contributed by atoms with Crippen LogP contribution in [-0.2, 0) is 14.3 Å². The molecule has 202 valence electrons. The lowest BCUT2D eigenvalue weighted by molar-refractivity contribution is -0.121. The van der Waals surface area contributed by atoms with E-state index in [9.17, 15) is 9.59 Å². The molecule has 0 saturated carbocycles. The van der Waals surface area contributed by atoms with Crippen LogP contribution in [0.1, 0.15) is 138 Å². The first-order valence-electron chi connectivity index (χ1n) is 13.8. The molecule has 0 aliphatic rings. The van der Waals surface area contributed by atoms with Gasteiger partial charge in [-0.05, 0) is 47.5 Å². The van der Waals surface area contributed by atoms with Gasteiger partial charge in [-0.1, -0.05) is 84.0 Å². The topological polar surface area (TPSA) is 67.9 Å². The second-order valence-corrected chi connectivity index (χ2v) is 11.3. The predicted octanol–water partition coefficient (Wildman–Crippen LogP) is 7.59. The van der Waals surface area contributed by atoms with Crippen molar-refractivity contribution in [3.8, 4) is 0 Å². The maximum atomic E-state index is 12.1. The minimum atomic E-state index is -0.529. The minimum absolute atomic E-state index is 0.116.